The van der Waals surface area contributed by atoms with Gasteiger partial charge in [0.2, 0.25) is 0 Å². The van der Waals surface area contributed by atoms with Crippen molar-refractivity contribution in [1.82, 2.24) is 14.7 Å². The van der Waals surface area contributed by atoms with E-state index in [4.69, 9.17) is 9.47 Å². The number of hydrogen-bond acceptors (Lipinski definition) is 5. The molecule has 0 radical (unpaired) electrons. The topological polar surface area (TPSA) is 62.3 Å². The number of amides is 2. The first-order chi connectivity index (χ1) is 14.1. The molecule has 2 amide bonds. The zero-order valence-electron chi connectivity index (χ0n) is 19.4. The summed E-state index contributed by atoms with van der Waals surface area (Å²) in [4.78, 5) is 31.1. The van der Waals surface area contributed by atoms with Gasteiger partial charge < -0.3 is 19.3 Å². The third-order valence-electron chi connectivity index (χ3n) is 8.26. The Bertz CT molecular complexity index is 678. The molecule has 1 aliphatic carbocycles. The van der Waals surface area contributed by atoms with Crippen LogP contribution in [0.5, 0.6) is 0 Å². The first kappa shape index (κ1) is 21.7. The smallest absolute Gasteiger partial charge is 0.411 e. The summed E-state index contributed by atoms with van der Waals surface area (Å²) >= 11 is 0. The standard InChI is InChI=1S/C23H39N3O4/c1-6-29-19(27)25-10-7-22(16-25)13-18(14-22)24-11-8-23(9-12-24)21(4,5)26(15-17(2)3)20(28)30-23/h17-18H,6-16H2,1-5H3. The van der Waals surface area contributed by atoms with Crippen LogP contribution in [0.15, 0.2) is 0 Å². The Labute approximate surface area is 181 Å². The van der Waals surface area contributed by atoms with Gasteiger partial charge >= 0.3 is 12.2 Å². The molecule has 0 aromatic rings. The highest BCUT2D eigenvalue weighted by atomic mass is 16.6. The molecule has 0 N–H and O–H groups in total. The van der Waals surface area contributed by atoms with Crippen molar-refractivity contribution in [2.75, 3.05) is 39.3 Å². The van der Waals surface area contributed by atoms with Crippen LogP contribution < -0.4 is 0 Å². The lowest BCUT2D eigenvalue weighted by molar-refractivity contribution is -0.0807. The molecular formula is C23H39N3O4. The van der Waals surface area contributed by atoms with Crippen molar-refractivity contribution in [3.05, 3.63) is 0 Å². The van der Waals surface area contributed by atoms with Crippen molar-refractivity contribution in [2.45, 2.75) is 83.9 Å². The van der Waals surface area contributed by atoms with E-state index in [1.807, 2.05) is 16.7 Å². The van der Waals surface area contributed by atoms with Gasteiger partial charge in [0.1, 0.15) is 5.60 Å². The van der Waals surface area contributed by atoms with Crippen LogP contribution in [0.25, 0.3) is 0 Å². The molecule has 2 spiro atoms. The van der Waals surface area contributed by atoms with Crippen molar-refractivity contribution >= 4 is 12.2 Å². The molecule has 7 nitrogen and oxygen atoms in total. The Morgan fingerprint density at radius 3 is 2.43 bits per heavy atom. The van der Waals surface area contributed by atoms with E-state index >= 15 is 0 Å². The molecule has 0 bridgehead atoms. The van der Waals surface area contributed by atoms with E-state index in [1.54, 1.807) is 0 Å². The van der Waals surface area contributed by atoms with Crippen LogP contribution >= 0.6 is 0 Å². The summed E-state index contributed by atoms with van der Waals surface area (Å²) in [7, 11) is 0. The summed E-state index contributed by atoms with van der Waals surface area (Å²) in [5, 5.41) is 0. The number of nitrogens with zero attached hydrogens (tertiary/aromatic N) is 3. The van der Waals surface area contributed by atoms with E-state index in [2.05, 4.69) is 32.6 Å². The van der Waals surface area contributed by atoms with E-state index in [9.17, 15) is 9.59 Å². The molecule has 4 rings (SSSR count). The molecule has 7 heteroatoms. The lowest BCUT2D eigenvalue weighted by Crippen LogP contribution is -2.62. The number of carbonyl (C=O) groups excluding carboxylic acids is 2. The number of carbonyl (C=O) groups is 2. The minimum absolute atomic E-state index is 0.144. The number of hydrogen-bond donors (Lipinski definition) is 0. The zero-order valence-corrected chi connectivity index (χ0v) is 19.4. The molecule has 4 fully saturated rings. The van der Waals surface area contributed by atoms with Crippen LogP contribution in [0, 0.1) is 11.3 Å². The molecule has 0 aromatic carbocycles. The third kappa shape index (κ3) is 3.47. The molecular weight excluding hydrogens is 382 g/mol. The predicted octanol–water partition coefficient (Wildman–Crippen LogP) is 3.72. The van der Waals surface area contributed by atoms with Crippen molar-refractivity contribution in [3.63, 3.8) is 0 Å². The summed E-state index contributed by atoms with van der Waals surface area (Å²) in [6.45, 7) is 15.3. The number of ether oxygens (including phenoxy) is 2. The van der Waals surface area contributed by atoms with Crippen molar-refractivity contribution in [1.29, 1.82) is 0 Å². The molecule has 170 valence electrons. The molecule has 30 heavy (non-hydrogen) atoms. The van der Waals surface area contributed by atoms with Crippen LogP contribution in [0.4, 0.5) is 9.59 Å². The Morgan fingerprint density at radius 2 is 1.83 bits per heavy atom. The van der Waals surface area contributed by atoms with Crippen molar-refractivity contribution in [3.8, 4) is 0 Å². The Kier molecular flexibility index (Phi) is 5.48. The van der Waals surface area contributed by atoms with Crippen LogP contribution in [0.1, 0.15) is 66.7 Å². The van der Waals surface area contributed by atoms with Gasteiger partial charge in [-0.1, -0.05) is 13.8 Å². The molecule has 0 atom stereocenters. The number of piperidine rings is 1. The first-order valence-corrected chi connectivity index (χ1v) is 11.8. The lowest BCUT2D eigenvalue weighted by Gasteiger charge is -2.54. The average Bonchev–Trinajstić information content (AvgIpc) is 3.17. The zero-order chi connectivity index (χ0) is 21.7. The number of rotatable bonds is 4. The minimum atomic E-state index is -0.370. The third-order valence-corrected chi connectivity index (χ3v) is 8.26. The van der Waals surface area contributed by atoms with Gasteiger partial charge in [0, 0.05) is 51.6 Å². The highest BCUT2D eigenvalue weighted by Crippen LogP contribution is 2.52. The predicted molar refractivity (Wildman–Crippen MR) is 114 cm³/mol. The molecule has 0 aromatic heterocycles. The Balaban J connectivity index is 1.31. The summed E-state index contributed by atoms with van der Waals surface area (Å²) in [6.07, 6.45) is 4.92. The molecule has 3 saturated heterocycles. The Morgan fingerprint density at radius 1 is 1.17 bits per heavy atom. The highest BCUT2D eigenvalue weighted by molar-refractivity contribution is 5.72. The van der Waals surface area contributed by atoms with Gasteiger partial charge in [-0.25, -0.2) is 9.59 Å². The van der Waals surface area contributed by atoms with Crippen molar-refractivity contribution < 1.29 is 19.1 Å². The van der Waals surface area contributed by atoms with Crippen LogP contribution in [-0.4, -0.2) is 83.4 Å². The molecule has 0 unspecified atom stereocenters. The van der Waals surface area contributed by atoms with E-state index < -0.39 is 0 Å². The molecule has 1 saturated carbocycles. The second-order valence-electron chi connectivity index (χ2n) is 10.9. The minimum Gasteiger partial charge on any atom is -0.450 e. The van der Waals surface area contributed by atoms with Gasteiger partial charge in [-0.2, -0.15) is 0 Å². The van der Waals surface area contributed by atoms with E-state index in [-0.39, 0.29) is 23.3 Å². The normalized spacial score (nSPS) is 32.7. The van der Waals surface area contributed by atoms with Crippen LogP contribution in [0.2, 0.25) is 0 Å². The fraction of sp³-hybridized carbons (Fsp3) is 0.913. The average molecular weight is 422 g/mol. The summed E-state index contributed by atoms with van der Waals surface area (Å²) in [5.41, 5.74) is -0.350. The van der Waals surface area contributed by atoms with Crippen molar-refractivity contribution in [2.24, 2.45) is 11.3 Å². The van der Waals surface area contributed by atoms with Crippen LogP contribution in [-0.2, 0) is 9.47 Å². The Hall–Kier alpha value is -1.50. The molecule has 3 heterocycles. The monoisotopic (exact) mass is 421 g/mol. The maximum atomic E-state index is 12.6. The van der Waals surface area contributed by atoms with E-state index in [1.165, 1.54) is 12.8 Å². The summed E-state index contributed by atoms with van der Waals surface area (Å²) in [6, 6.07) is 0.594. The van der Waals surface area contributed by atoms with Gasteiger partial charge in [-0.05, 0) is 51.4 Å². The summed E-state index contributed by atoms with van der Waals surface area (Å²) in [5.74, 6) is 0.429. The fourth-order valence-electron chi connectivity index (χ4n) is 6.29. The van der Waals surface area contributed by atoms with Gasteiger partial charge in [0.25, 0.3) is 0 Å². The maximum absolute atomic E-state index is 12.6. The highest BCUT2D eigenvalue weighted by Gasteiger charge is 2.61. The second kappa shape index (κ2) is 7.57. The second-order valence-corrected chi connectivity index (χ2v) is 10.9. The maximum Gasteiger partial charge on any atom is 0.411 e. The number of likely N-dealkylation sites (tertiary alicyclic amines) is 2. The van der Waals surface area contributed by atoms with E-state index in [0.29, 0.717) is 24.0 Å². The van der Waals surface area contributed by atoms with Gasteiger partial charge in [0.15, 0.2) is 0 Å². The van der Waals surface area contributed by atoms with Gasteiger partial charge in [0.05, 0.1) is 12.1 Å². The lowest BCUT2D eigenvalue weighted by atomic mass is 9.63. The van der Waals surface area contributed by atoms with E-state index in [0.717, 1.165) is 52.0 Å². The van der Waals surface area contributed by atoms with Gasteiger partial charge in [-0.15, -0.1) is 0 Å². The summed E-state index contributed by atoms with van der Waals surface area (Å²) < 4.78 is 11.2. The first-order valence-electron chi connectivity index (χ1n) is 11.8. The largest absolute Gasteiger partial charge is 0.450 e. The fourth-order valence-corrected chi connectivity index (χ4v) is 6.29. The van der Waals surface area contributed by atoms with Crippen LogP contribution in [0.3, 0.4) is 0 Å². The molecule has 4 aliphatic rings. The van der Waals surface area contributed by atoms with Gasteiger partial charge in [-0.3, -0.25) is 4.90 Å². The SMILES string of the molecule is CCOC(=O)N1CCC2(CC(N3CCC4(CC3)OC(=O)N(CC(C)C)C4(C)C)C2)C1. The quantitative estimate of drug-likeness (QED) is 0.692. The molecule has 3 aliphatic heterocycles.